The summed E-state index contributed by atoms with van der Waals surface area (Å²) in [6.45, 7) is 1.83. The Morgan fingerprint density at radius 2 is 0.775 bits per heavy atom. The molecule has 8 heteroatoms. The predicted molar refractivity (Wildman–Crippen MR) is 152 cm³/mol. The molecule has 0 unspecified atom stereocenters. The average Bonchev–Trinajstić information content (AvgIpc) is 3.00. The quantitative estimate of drug-likeness (QED) is 0.348. The maximum absolute atomic E-state index is 12.8. The second-order valence-electron chi connectivity index (χ2n) is 10.7. The first-order chi connectivity index (χ1) is 19.4. The molecule has 206 valence electrons. The predicted octanol–water partition coefficient (Wildman–Crippen LogP) is 3.83. The summed E-state index contributed by atoms with van der Waals surface area (Å²) in [5, 5.41) is 11.9. The van der Waals surface area contributed by atoms with Crippen molar-refractivity contribution in [2.24, 2.45) is 11.8 Å². The number of hydrogen-bond donors (Lipinski definition) is 4. The van der Waals surface area contributed by atoms with Gasteiger partial charge in [0, 0.05) is 48.4 Å². The summed E-state index contributed by atoms with van der Waals surface area (Å²) in [6.07, 6.45) is 3.89. The van der Waals surface area contributed by atoms with Crippen molar-refractivity contribution in [2.75, 3.05) is 13.1 Å². The van der Waals surface area contributed by atoms with Crippen LogP contribution in [0.25, 0.3) is 0 Å². The number of carbonyl (C=O) groups excluding carboxylic acids is 4. The summed E-state index contributed by atoms with van der Waals surface area (Å²) in [6, 6.07) is 21.1. The Labute approximate surface area is 233 Å². The molecule has 4 aliphatic heterocycles. The van der Waals surface area contributed by atoms with Crippen molar-refractivity contribution in [3.8, 4) is 0 Å². The molecule has 0 radical (unpaired) electrons. The largest absolute Gasteiger partial charge is 0.352 e. The number of carbonyl (C=O) groups is 4. The fourth-order valence-electron chi connectivity index (χ4n) is 5.27. The summed E-state index contributed by atoms with van der Waals surface area (Å²) in [4.78, 5) is 51.2. The van der Waals surface area contributed by atoms with E-state index >= 15 is 0 Å². The number of hydrogen-bond acceptors (Lipinski definition) is 4. The first-order valence-corrected chi connectivity index (χ1v) is 13.9. The van der Waals surface area contributed by atoms with E-state index in [9.17, 15) is 19.2 Å². The zero-order chi connectivity index (χ0) is 27.9. The highest BCUT2D eigenvalue weighted by Crippen LogP contribution is 2.28. The lowest BCUT2D eigenvalue weighted by molar-refractivity contribution is 0.0920. The number of benzene rings is 3. The zero-order valence-corrected chi connectivity index (χ0v) is 22.4. The van der Waals surface area contributed by atoms with Gasteiger partial charge in [0.2, 0.25) is 0 Å². The van der Waals surface area contributed by atoms with Crippen molar-refractivity contribution in [3.05, 3.63) is 106 Å². The molecule has 0 saturated heterocycles. The van der Waals surface area contributed by atoms with Crippen LogP contribution in [0.1, 0.15) is 78.2 Å². The molecule has 1 saturated carbocycles. The molecule has 3 aromatic rings. The van der Waals surface area contributed by atoms with Gasteiger partial charge in [0.25, 0.3) is 23.6 Å². The van der Waals surface area contributed by atoms with E-state index in [2.05, 4.69) is 21.3 Å². The van der Waals surface area contributed by atoms with E-state index in [1.54, 1.807) is 48.5 Å². The van der Waals surface area contributed by atoms with Crippen LogP contribution in [0.2, 0.25) is 0 Å². The average molecular weight is 539 g/mol. The molecular formula is C32H34N4O4. The van der Waals surface area contributed by atoms with E-state index in [-0.39, 0.29) is 23.6 Å². The van der Waals surface area contributed by atoms with Crippen molar-refractivity contribution >= 4 is 23.6 Å². The molecule has 4 N–H and O–H groups in total. The van der Waals surface area contributed by atoms with Crippen LogP contribution < -0.4 is 21.3 Å². The first-order valence-electron chi connectivity index (χ1n) is 13.9. The number of rotatable bonds is 0. The van der Waals surface area contributed by atoms with Crippen molar-refractivity contribution in [1.29, 1.82) is 0 Å². The van der Waals surface area contributed by atoms with Gasteiger partial charge >= 0.3 is 0 Å². The molecule has 4 amide bonds. The Morgan fingerprint density at radius 1 is 0.450 bits per heavy atom. The standard InChI is InChI=1S/C32H34N4O4/c37-29-25-3-1-4-26(15-25)30(38)34-18-22-9-13-24(14-10-22)20-36-32(40)28-6-2-5-27(16-28)31(39)35-19-23-11-7-21(8-12-23)17-33-29/h1-8,11-12,15-16,22,24H,9-10,13-14,17-20H2,(H,33,37)(H,34,38)(H,35,39)(H,36,40)/t22-,24+. The Bertz CT molecular complexity index is 1290. The van der Waals surface area contributed by atoms with E-state index in [0.717, 1.165) is 36.8 Å². The molecule has 1 fully saturated rings. The van der Waals surface area contributed by atoms with E-state index in [1.165, 1.54) is 0 Å². The topological polar surface area (TPSA) is 116 Å². The van der Waals surface area contributed by atoms with Gasteiger partial charge in [0.15, 0.2) is 0 Å². The van der Waals surface area contributed by atoms with Crippen LogP contribution in [0.4, 0.5) is 0 Å². The van der Waals surface area contributed by atoms with Gasteiger partial charge in [-0.25, -0.2) is 0 Å². The van der Waals surface area contributed by atoms with Crippen LogP contribution in [0.3, 0.4) is 0 Å². The fourth-order valence-corrected chi connectivity index (χ4v) is 5.27. The summed E-state index contributed by atoms with van der Waals surface area (Å²) < 4.78 is 0. The molecule has 8 rings (SSSR count). The zero-order valence-electron chi connectivity index (χ0n) is 22.4. The van der Waals surface area contributed by atoms with Gasteiger partial charge in [-0.2, -0.15) is 0 Å². The third-order valence-corrected chi connectivity index (χ3v) is 7.77. The van der Waals surface area contributed by atoms with Gasteiger partial charge in [0.05, 0.1) is 0 Å². The van der Waals surface area contributed by atoms with Crippen LogP contribution in [-0.2, 0) is 13.1 Å². The number of nitrogens with one attached hydrogen (secondary N) is 4. The maximum atomic E-state index is 12.8. The summed E-state index contributed by atoms with van der Waals surface area (Å²) >= 11 is 0. The highest BCUT2D eigenvalue weighted by molar-refractivity contribution is 6.00. The lowest BCUT2D eigenvalue weighted by Crippen LogP contribution is -2.34. The van der Waals surface area contributed by atoms with Crippen LogP contribution in [-0.4, -0.2) is 36.7 Å². The van der Waals surface area contributed by atoms with Crippen molar-refractivity contribution in [2.45, 2.75) is 38.8 Å². The van der Waals surface area contributed by atoms with Crippen LogP contribution in [0, 0.1) is 11.8 Å². The van der Waals surface area contributed by atoms with Crippen molar-refractivity contribution < 1.29 is 19.2 Å². The molecule has 8 bridgehead atoms. The molecular weight excluding hydrogens is 504 g/mol. The van der Waals surface area contributed by atoms with Gasteiger partial charge in [-0.1, -0.05) is 36.4 Å². The molecule has 1 aliphatic carbocycles. The van der Waals surface area contributed by atoms with Gasteiger partial charge in [0.1, 0.15) is 0 Å². The lowest BCUT2D eigenvalue weighted by atomic mass is 9.82. The highest BCUT2D eigenvalue weighted by atomic mass is 16.2. The second kappa shape index (κ2) is 12.6. The van der Waals surface area contributed by atoms with E-state index in [4.69, 9.17) is 0 Å². The van der Waals surface area contributed by atoms with Crippen LogP contribution in [0.5, 0.6) is 0 Å². The van der Waals surface area contributed by atoms with E-state index in [0.29, 0.717) is 60.3 Å². The minimum absolute atomic E-state index is 0.185. The Balaban J connectivity index is 1.31. The molecule has 0 aromatic heterocycles. The fraction of sp³-hybridized carbons (Fsp3) is 0.312. The molecule has 0 atom stereocenters. The monoisotopic (exact) mass is 538 g/mol. The SMILES string of the molecule is O=C1NCc2ccc(cc2)CNC(=O)c2cccc(c2)C(=O)NC[C@H]2CC[C@H](CC2)CNC(=O)c2cccc1c2. The minimum Gasteiger partial charge on any atom is -0.352 e. The third kappa shape index (κ3) is 6.94. The summed E-state index contributed by atoms with van der Waals surface area (Å²) in [5.74, 6) is -0.115. The normalized spacial score (nSPS) is 20.7. The molecule has 4 heterocycles. The molecule has 3 aromatic carbocycles. The van der Waals surface area contributed by atoms with Crippen LogP contribution >= 0.6 is 0 Å². The summed E-state index contributed by atoms with van der Waals surface area (Å²) in [7, 11) is 0. The number of amides is 4. The van der Waals surface area contributed by atoms with E-state index in [1.807, 2.05) is 24.3 Å². The molecule has 0 spiro atoms. The Kier molecular flexibility index (Phi) is 8.54. The Morgan fingerprint density at radius 3 is 1.12 bits per heavy atom. The van der Waals surface area contributed by atoms with Crippen LogP contribution in [0.15, 0.2) is 72.8 Å². The maximum Gasteiger partial charge on any atom is 0.251 e. The van der Waals surface area contributed by atoms with E-state index < -0.39 is 0 Å². The van der Waals surface area contributed by atoms with Gasteiger partial charge in [-0.15, -0.1) is 0 Å². The van der Waals surface area contributed by atoms with Gasteiger partial charge in [-0.05, 0) is 85.0 Å². The van der Waals surface area contributed by atoms with Crippen molar-refractivity contribution in [3.63, 3.8) is 0 Å². The smallest absolute Gasteiger partial charge is 0.251 e. The second-order valence-corrected chi connectivity index (χ2v) is 10.7. The lowest BCUT2D eigenvalue weighted by Gasteiger charge is -2.28. The summed E-state index contributed by atoms with van der Waals surface area (Å²) in [5.41, 5.74) is 3.60. The highest BCUT2D eigenvalue weighted by Gasteiger charge is 2.23. The third-order valence-electron chi connectivity index (χ3n) is 7.77. The minimum atomic E-state index is -0.250. The Hall–Kier alpha value is -4.46. The van der Waals surface area contributed by atoms with Crippen molar-refractivity contribution in [1.82, 2.24) is 21.3 Å². The van der Waals surface area contributed by atoms with Gasteiger partial charge in [-0.3, -0.25) is 19.2 Å². The molecule has 8 nitrogen and oxygen atoms in total. The first kappa shape index (κ1) is 27.1. The molecule has 5 aliphatic rings. The molecule has 40 heavy (non-hydrogen) atoms. The van der Waals surface area contributed by atoms with Gasteiger partial charge < -0.3 is 21.3 Å².